The van der Waals surface area contributed by atoms with Crippen molar-refractivity contribution in [3.8, 4) is 11.5 Å². The van der Waals surface area contributed by atoms with Gasteiger partial charge in [-0.2, -0.15) is 0 Å². The molecule has 2 amide bonds. The third-order valence-corrected chi connectivity index (χ3v) is 5.08. The molecule has 0 saturated carbocycles. The molecule has 2 aliphatic heterocycles. The van der Waals surface area contributed by atoms with E-state index in [0.29, 0.717) is 56.1 Å². The van der Waals surface area contributed by atoms with Gasteiger partial charge in [0.2, 0.25) is 12.7 Å². The molecule has 0 radical (unpaired) electrons. The number of nitrogens with zero attached hydrogens (tertiary/aromatic N) is 1. The van der Waals surface area contributed by atoms with E-state index < -0.39 is 0 Å². The van der Waals surface area contributed by atoms with Gasteiger partial charge in [0.1, 0.15) is 6.10 Å². The van der Waals surface area contributed by atoms with E-state index in [1.165, 1.54) is 0 Å². The van der Waals surface area contributed by atoms with E-state index in [-0.39, 0.29) is 24.7 Å². The fourth-order valence-corrected chi connectivity index (χ4v) is 3.48. The predicted octanol–water partition coefficient (Wildman–Crippen LogP) is 2.53. The maximum Gasteiger partial charge on any atom is 0.251 e. The first-order chi connectivity index (χ1) is 14.2. The minimum atomic E-state index is -0.189. The third kappa shape index (κ3) is 4.68. The van der Waals surface area contributed by atoms with Crippen molar-refractivity contribution >= 4 is 11.8 Å². The first kappa shape index (κ1) is 19.3. The summed E-state index contributed by atoms with van der Waals surface area (Å²) < 4.78 is 16.4. The number of nitrogens with one attached hydrogen (secondary N) is 1. The van der Waals surface area contributed by atoms with Crippen LogP contribution in [0.25, 0.3) is 0 Å². The molecule has 7 heteroatoms. The standard InChI is InChI=1S/C22H24N2O5/c25-21(24-11-12-27-20(14-24)16-5-2-1-3-6-16)7-4-10-23-22(26)17-8-9-18-19(13-17)29-15-28-18/h1-3,5-6,8-9,13,20H,4,7,10-12,14-15H2,(H,23,26). The number of hydrogen-bond acceptors (Lipinski definition) is 5. The molecule has 2 heterocycles. The van der Waals surface area contributed by atoms with Gasteiger partial charge in [-0.3, -0.25) is 9.59 Å². The van der Waals surface area contributed by atoms with Crippen molar-refractivity contribution in [2.24, 2.45) is 0 Å². The first-order valence-corrected chi connectivity index (χ1v) is 9.83. The van der Waals surface area contributed by atoms with Crippen LogP contribution in [0, 0.1) is 0 Å². The molecular weight excluding hydrogens is 372 g/mol. The van der Waals surface area contributed by atoms with Gasteiger partial charge in [0.25, 0.3) is 5.91 Å². The summed E-state index contributed by atoms with van der Waals surface area (Å²) in [5, 5.41) is 2.85. The number of rotatable bonds is 6. The Kier molecular flexibility index (Phi) is 5.95. The summed E-state index contributed by atoms with van der Waals surface area (Å²) >= 11 is 0. The predicted molar refractivity (Wildman–Crippen MR) is 106 cm³/mol. The van der Waals surface area contributed by atoms with Gasteiger partial charge in [-0.25, -0.2) is 0 Å². The lowest BCUT2D eigenvalue weighted by Crippen LogP contribution is -2.42. The zero-order chi connectivity index (χ0) is 20.1. The van der Waals surface area contributed by atoms with Crippen LogP contribution in [0.1, 0.15) is 34.9 Å². The van der Waals surface area contributed by atoms with Crippen LogP contribution < -0.4 is 14.8 Å². The minimum absolute atomic E-state index is 0.0837. The van der Waals surface area contributed by atoms with Gasteiger partial charge in [0.05, 0.1) is 13.2 Å². The number of carbonyl (C=O) groups is 2. The molecule has 1 fully saturated rings. The van der Waals surface area contributed by atoms with Gasteiger partial charge >= 0.3 is 0 Å². The van der Waals surface area contributed by atoms with Crippen LogP contribution in [0.4, 0.5) is 0 Å². The highest BCUT2D eigenvalue weighted by molar-refractivity contribution is 5.94. The molecule has 7 nitrogen and oxygen atoms in total. The largest absolute Gasteiger partial charge is 0.454 e. The van der Waals surface area contributed by atoms with Crippen LogP contribution in [-0.2, 0) is 9.53 Å². The maximum absolute atomic E-state index is 12.5. The second-order valence-corrected chi connectivity index (χ2v) is 7.04. The molecule has 1 unspecified atom stereocenters. The van der Waals surface area contributed by atoms with E-state index in [1.54, 1.807) is 18.2 Å². The summed E-state index contributed by atoms with van der Waals surface area (Å²) in [7, 11) is 0. The Morgan fingerprint density at radius 2 is 1.90 bits per heavy atom. The summed E-state index contributed by atoms with van der Waals surface area (Å²) in [5.74, 6) is 1.12. The van der Waals surface area contributed by atoms with Gasteiger partial charge < -0.3 is 24.4 Å². The Balaban J connectivity index is 1.21. The average Bonchev–Trinajstić information content (AvgIpc) is 3.25. The number of hydrogen-bond donors (Lipinski definition) is 1. The molecule has 1 atom stereocenters. The lowest BCUT2D eigenvalue weighted by Gasteiger charge is -2.33. The number of ether oxygens (including phenoxy) is 3. The monoisotopic (exact) mass is 396 g/mol. The number of morpholine rings is 1. The maximum atomic E-state index is 12.5. The third-order valence-electron chi connectivity index (χ3n) is 5.08. The fraction of sp³-hybridized carbons (Fsp3) is 0.364. The lowest BCUT2D eigenvalue weighted by molar-refractivity contribution is -0.139. The van der Waals surface area contributed by atoms with Crippen LogP contribution in [0.3, 0.4) is 0 Å². The molecule has 152 valence electrons. The highest BCUT2D eigenvalue weighted by atomic mass is 16.7. The number of fused-ring (bicyclic) bond motifs is 1. The molecule has 4 rings (SSSR count). The van der Waals surface area contributed by atoms with Gasteiger partial charge in [-0.15, -0.1) is 0 Å². The highest BCUT2D eigenvalue weighted by Gasteiger charge is 2.25. The summed E-state index contributed by atoms with van der Waals surface area (Å²) in [6.45, 7) is 2.31. The van der Waals surface area contributed by atoms with E-state index in [0.717, 1.165) is 5.56 Å². The second-order valence-electron chi connectivity index (χ2n) is 7.04. The highest BCUT2D eigenvalue weighted by Crippen LogP contribution is 2.32. The van der Waals surface area contributed by atoms with Crippen molar-refractivity contribution in [2.45, 2.75) is 18.9 Å². The van der Waals surface area contributed by atoms with Crippen LogP contribution >= 0.6 is 0 Å². The molecule has 29 heavy (non-hydrogen) atoms. The Morgan fingerprint density at radius 3 is 2.76 bits per heavy atom. The zero-order valence-corrected chi connectivity index (χ0v) is 16.1. The summed E-state index contributed by atoms with van der Waals surface area (Å²) in [6, 6.07) is 15.0. The molecule has 2 aromatic carbocycles. The van der Waals surface area contributed by atoms with E-state index >= 15 is 0 Å². The van der Waals surface area contributed by atoms with E-state index in [1.807, 2.05) is 35.2 Å². The van der Waals surface area contributed by atoms with E-state index in [2.05, 4.69) is 5.32 Å². The quantitative estimate of drug-likeness (QED) is 0.760. The molecule has 0 spiro atoms. The zero-order valence-electron chi connectivity index (χ0n) is 16.1. The SMILES string of the molecule is O=C(NCCCC(=O)N1CCOC(c2ccccc2)C1)c1ccc2c(c1)OCO2. The number of benzene rings is 2. The lowest BCUT2D eigenvalue weighted by atomic mass is 10.1. The molecule has 1 N–H and O–H groups in total. The molecule has 2 aromatic rings. The molecule has 0 aromatic heterocycles. The van der Waals surface area contributed by atoms with Gasteiger partial charge in [0, 0.05) is 25.1 Å². The van der Waals surface area contributed by atoms with Gasteiger partial charge in [0.15, 0.2) is 11.5 Å². The van der Waals surface area contributed by atoms with Crippen molar-refractivity contribution < 1.29 is 23.8 Å². The van der Waals surface area contributed by atoms with E-state index in [4.69, 9.17) is 14.2 Å². The van der Waals surface area contributed by atoms with Crippen molar-refractivity contribution in [3.63, 3.8) is 0 Å². The van der Waals surface area contributed by atoms with Crippen molar-refractivity contribution in [2.75, 3.05) is 33.0 Å². The fourth-order valence-electron chi connectivity index (χ4n) is 3.48. The Bertz CT molecular complexity index is 871. The Labute approximate surface area is 169 Å². The van der Waals surface area contributed by atoms with Crippen molar-refractivity contribution in [1.29, 1.82) is 0 Å². The van der Waals surface area contributed by atoms with Crippen LogP contribution in [-0.4, -0.2) is 49.7 Å². The summed E-state index contributed by atoms with van der Waals surface area (Å²) in [4.78, 5) is 26.7. The normalized spacial score (nSPS) is 17.8. The summed E-state index contributed by atoms with van der Waals surface area (Å²) in [6.07, 6.45) is 0.894. The van der Waals surface area contributed by atoms with Crippen molar-refractivity contribution in [1.82, 2.24) is 10.2 Å². The van der Waals surface area contributed by atoms with Gasteiger partial charge in [-0.05, 0) is 30.2 Å². The van der Waals surface area contributed by atoms with Crippen LogP contribution in [0.2, 0.25) is 0 Å². The van der Waals surface area contributed by atoms with E-state index in [9.17, 15) is 9.59 Å². The summed E-state index contributed by atoms with van der Waals surface area (Å²) in [5.41, 5.74) is 1.60. The van der Waals surface area contributed by atoms with Gasteiger partial charge in [-0.1, -0.05) is 30.3 Å². The molecule has 0 bridgehead atoms. The average molecular weight is 396 g/mol. The topological polar surface area (TPSA) is 77.1 Å². The molecule has 0 aliphatic carbocycles. The smallest absolute Gasteiger partial charge is 0.251 e. The molecular formula is C22H24N2O5. The molecule has 1 saturated heterocycles. The van der Waals surface area contributed by atoms with Crippen LogP contribution in [0.15, 0.2) is 48.5 Å². The van der Waals surface area contributed by atoms with Crippen LogP contribution in [0.5, 0.6) is 11.5 Å². The van der Waals surface area contributed by atoms with Crippen molar-refractivity contribution in [3.05, 3.63) is 59.7 Å². The number of amides is 2. The minimum Gasteiger partial charge on any atom is -0.454 e. The number of carbonyl (C=O) groups excluding carboxylic acids is 2. The molecule has 2 aliphatic rings. The Hall–Kier alpha value is -3.06. The second kappa shape index (κ2) is 8.96. The Morgan fingerprint density at radius 1 is 1.07 bits per heavy atom. The first-order valence-electron chi connectivity index (χ1n) is 9.83.